The lowest BCUT2D eigenvalue weighted by Gasteiger charge is -2.15. The Bertz CT molecular complexity index is 689. The van der Waals surface area contributed by atoms with Crippen molar-refractivity contribution in [3.63, 3.8) is 0 Å². The van der Waals surface area contributed by atoms with E-state index in [0.717, 1.165) is 11.9 Å². The monoisotopic (exact) mass is 352 g/mol. The number of rotatable bonds is 4. The molecule has 98 valence electrons. The summed E-state index contributed by atoms with van der Waals surface area (Å²) in [5.74, 6) is 0. The molecule has 0 bridgehead atoms. The smallest absolute Gasteiger partial charge is 0.0809 e. The molecule has 0 saturated carbocycles. The van der Waals surface area contributed by atoms with Gasteiger partial charge in [0.05, 0.1) is 14.0 Å². The summed E-state index contributed by atoms with van der Waals surface area (Å²) >= 11 is 7.05. The van der Waals surface area contributed by atoms with Crippen LogP contribution in [0.25, 0.3) is 10.2 Å². The van der Waals surface area contributed by atoms with Crippen LogP contribution in [0.2, 0.25) is 0 Å². The number of fused-ring (bicyclic) bond motifs is 1. The molecule has 0 amide bonds. The first-order chi connectivity index (χ1) is 9.26. The van der Waals surface area contributed by atoms with Crippen LogP contribution in [0.1, 0.15) is 16.5 Å². The molecule has 0 fully saturated rings. The normalized spacial score (nSPS) is 12.9. The highest BCUT2D eigenvalue weighted by molar-refractivity contribution is 9.11. The van der Waals surface area contributed by atoms with Crippen LogP contribution >= 0.6 is 38.6 Å². The average molecular weight is 353 g/mol. The lowest BCUT2D eigenvalue weighted by molar-refractivity contribution is 0.595. The van der Waals surface area contributed by atoms with Gasteiger partial charge >= 0.3 is 0 Å². The van der Waals surface area contributed by atoms with Crippen molar-refractivity contribution in [2.24, 2.45) is 0 Å². The number of nitrogens with one attached hydrogen (secondary N) is 1. The molecule has 3 aromatic heterocycles. The molecule has 5 heteroatoms. The zero-order valence-corrected chi connectivity index (χ0v) is 13.6. The summed E-state index contributed by atoms with van der Waals surface area (Å²) in [6, 6.07) is 8.90. The van der Waals surface area contributed by atoms with Gasteiger partial charge < -0.3 is 5.32 Å². The molecule has 0 radical (unpaired) electrons. The molecule has 3 heterocycles. The van der Waals surface area contributed by atoms with E-state index in [9.17, 15) is 0 Å². The summed E-state index contributed by atoms with van der Waals surface area (Å²) in [4.78, 5) is 5.89. The average Bonchev–Trinajstić information content (AvgIpc) is 3.03. The van der Waals surface area contributed by atoms with E-state index in [0.29, 0.717) is 6.04 Å². The van der Waals surface area contributed by atoms with Crippen LogP contribution in [-0.4, -0.2) is 12.0 Å². The Morgan fingerprint density at radius 2 is 2.26 bits per heavy atom. The fourth-order valence-corrected chi connectivity index (χ4v) is 4.42. The molecule has 0 aliphatic rings. The first-order valence-electron chi connectivity index (χ1n) is 6.01. The van der Waals surface area contributed by atoms with Crippen LogP contribution in [0.15, 0.2) is 39.6 Å². The highest BCUT2D eigenvalue weighted by Crippen LogP contribution is 2.28. The van der Waals surface area contributed by atoms with Gasteiger partial charge in [-0.05, 0) is 58.2 Å². The highest BCUT2D eigenvalue weighted by Gasteiger charge is 2.13. The molecule has 0 saturated heterocycles. The van der Waals surface area contributed by atoms with E-state index in [4.69, 9.17) is 0 Å². The Hall–Kier alpha value is -0.750. The lowest BCUT2D eigenvalue weighted by Crippen LogP contribution is -2.18. The second-order valence-corrected chi connectivity index (χ2v) is 7.82. The first-order valence-corrected chi connectivity index (χ1v) is 8.50. The number of nitrogens with zero attached hydrogens (tertiary/aromatic N) is 1. The maximum Gasteiger partial charge on any atom is 0.0809 e. The van der Waals surface area contributed by atoms with Crippen molar-refractivity contribution >= 4 is 48.8 Å². The number of thiophene rings is 2. The first kappa shape index (κ1) is 13.2. The molecule has 1 N–H and O–H groups in total. The van der Waals surface area contributed by atoms with Crippen LogP contribution in [0.3, 0.4) is 0 Å². The fraction of sp³-hybridized carbons (Fsp3) is 0.214. The second-order valence-electron chi connectivity index (χ2n) is 4.32. The third-order valence-electron chi connectivity index (χ3n) is 3.11. The van der Waals surface area contributed by atoms with E-state index < -0.39 is 0 Å². The number of likely N-dealkylation sites (N-methyl/N-ethyl adjacent to an activating group) is 1. The maximum atomic E-state index is 4.52. The van der Waals surface area contributed by atoms with Gasteiger partial charge in [0.1, 0.15) is 0 Å². The van der Waals surface area contributed by atoms with Gasteiger partial charge in [-0.15, -0.1) is 22.7 Å². The van der Waals surface area contributed by atoms with E-state index in [1.807, 2.05) is 13.2 Å². The Balaban J connectivity index is 1.88. The molecular weight excluding hydrogens is 340 g/mol. The van der Waals surface area contributed by atoms with Crippen LogP contribution in [0.5, 0.6) is 0 Å². The largest absolute Gasteiger partial charge is 0.313 e. The minimum Gasteiger partial charge on any atom is -0.313 e. The van der Waals surface area contributed by atoms with Gasteiger partial charge in [0.15, 0.2) is 0 Å². The van der Waals surface area contributed by atoms with Gasteiger partial charge in [-0.2, -0.15) is 0 Å². The molecule has 0 aromatic carbocycles. The molecule has 3 rings (SSSR count). The van der Waals surface area contributed by atoms with Gasteiger partial charge in [-0.25, -0.2) is 0 Å². The lowest BCUT2D eigenvalue weighted by atomic mass is 10.1. The van der Waals surface area contributed by atoms with Crippen LogP contribution in [0.4, 0.5) is 0 Å². The third kappa shape index (κ3) is 2.89. The maximum absolute atomic E-state index is 4.52. The summed E-state index contributed by atoms with van der Waals surface area (Å²) in [6.45, 7) is 0. The summed E-state index contributed by atoms with van der Waals surface area (Å²) in [7, 11) is 2.01. The molecule has 1 atom stereocenters. The molecule has 19 heavy (non-hydrogen) atoms. The van der Waals surface area contributed by atoms with Crippen molar-refractivity contribution in [3.8, 4) is 0 Å². The minimum absolute atomic E-state index is 0.310. The Morgan fingerprint density at radius 1 is 1.37 bits per heavy atom. The van der Waals surface area contributed by atoms with Crippen LogP contribution < -0.4 is 5.32 Å². The van der Waals surface area contributed by atoms with E-state index in [1.165, 1.54) is 18.9 Å². The van der Waals surface area contributed by atoms with Crippen molar-refractivity contribution in [2.75, 3.05) is 7.05 Å². The molecule has 0 spiro atoms. The zero-order valence-electron chi connectivity index (χ0n) is 10.4. The predicted octanol–water partition coefficient (Wildman–Crippen LogP) is 4.62. The highest BCUT2D eigenvalue weighted by atomic mass is 79.9. The van der Waals surface area contributed by atoms with E-state index in [1.54, 1.807) is 22.7 Å². The van der Waals surface area contributed by atoms with Crippen molar-refractivity contribution < 1.29 is 0 Å². The van der Waals surface area contributed by atoms with Gasteiger partial charge in [0.2, 0.25) is 0 Å². The molecule has 0 aliphatic heterocycles. The van der Waals surface area contributed by atoms with Crippen molar-refractivity contribution in [1.82, 2.24) is 10.3 Å². The van der Waals surface area contributed by atoms with Crippen molar-refractivity contribution in [2.45, 2.75) is 12.5 Å². The molecule has 3 aromatic rings. The van der Waals surface area contributed by atoms with Crippen LogP contribution in [0, 0.1) is 0 Å². The number of pyridine rings is 1. The number of hydrogen-bond donors (Lipinski definition) is 1. The molecular formula is C14H13BrN2S2. The summed E-state index contributed by atoms with van der Waals surface area (Å²) < 4.78 is 2.44. The predicted molar refractivity (Wildman–Crippen MR) is 87.1 cm³/mol. The molecule has 0 aliphatic carbocycles. The standard InChI is InChI=1S/C14H13BrN2S2/c1-16-12(7-10-2-3-14(15)19-10)9-6-13-11(17-8-9)4-5-18-13/h2-6,8,12,16H,7H2,1H3. The van der Waals surface area contributed by atoms with Gasteiger partial charge in [-0.1, -0.05) is 0 Å². The minimum atomic E-state index is 0.310. The zero-order chi connectivity index (χ0) is 13.2. The molecule has 2 nitrogen and oxygen atoms in total. The van der Waals surface area contributed by atoms with Crippen molar-refractivity contribution in [1.29, 1.82) is 0 Å². The van der Waals surface area contributed by atoms with Crippen molar-refractivity contribution in [3.05, 3.63) is 50.1 Å². The Morgan fingerprint density at radius 3 is 3.00 bits per heavy atom. The molecule has 1 unspecified atom stereocenters. The van der Waals surface area contributed by atoms with Gasteiger partial charge in [-0.3, -0.25) is 4.98 Å². The number of hydrogen-bond acceptors (Lipinski definition) is 4. The van der Waals surface area contributed by atoms with Gasteiger partial charge in [0.25, 0.3) is 0 Å². The van der Waals surface area contributed by atoms with Gasteiger partial charge in [0, 0.05) is 23.5 Å². The summed E-state index contributed by atoms with van der Waals surface area (Å²) in [5, 5.41) is 5.48. The SMILES string of the molecule is CNC(Cc1ccc(Br)s1)c1cnc2ccsc2c1. The summed E-state index contributed by atoms with van der Waals surface area (Å²) in [5.41, 5.74) is 2.34. The number of aromatic nitrogens is 1. The van der Waals surface area contributed by atoms with E-state index >= 15 is 0 Å². The quantitative estimate of drug-likeness (QED) is 0.740. The summed E-state index contributed by atoms with van der Waals surface area (Å²) in [6.07, 6.45) is 2.98. The third-order valence-corrected chi connectivity index (χ3v) is 5.61. The number of halogens is 1. The van der Waals surface area contributed by atoms with Crippen LogP contribution in [-0.2, 0) is 6.42 Å². The fourth-order valence-electron chi connectivity index (χ4n) is 2.10. The Labute approximate surface area is 128 Å². The van der Waals surface area contributed by atoms with E-state index in [2.05, 4.69) is 55.9 Å². The Kier molecular flexibility index (Phi) is 3.98. The van der Waals surface area contributed by atoms with E-state index in [-0.39, 0.29) is 0 Å². The topological polar surface area (TPSA) is 24.9 Å². The second kappa shape index (κ2) is 5.71.